The van der Waals surface area contributed by atoms with E-state index in [2.05, 4.69) is 21.3 Å². The van der Waals surface area contributed by atoms with Crippen molar-refractivity contribution in [3.63, 3.8) is 0 Å². The van der Waals surface area contributed by atoms with E-state index >= 15 is 0 Å². The fourth-order valence-corrected chi connectivity index (χ4v) is 2.12. The van der Waals surface area contributed by atoms with Gasteiger partial charge in [0.05, 0.1) is 13.1 Å². The molecule has 8 nitrogen and oxygen atoms in total. The first-order chi connectivity index (χ1) is 12.7. The van der Waals surface area contributed by atoms with E-state index in [0.29, 0.717) is 45.4 Å². The monoisotopic (exact) mass is 384 g/mol. The van der Waals surface area contributed by atoms with Gasteiger partial charge in [-0.2, -0.15) is 0 Å². The minimum absolute atomic E-state index is 0.0353. The van der Waals surface area contributed by atoms with Crippen LogP contribution < -0.4 is 21.3 Å². The minimum atomic E-state index is -0.145. The molecule has 0 fully saturated rings. The Labute approximate surface area is 162 Å². The lowest BCUT2D eigenvalue weighted by Crippen LogP contribution is -2.42. The van der Waals surface area contributed by atoms with E-state index in [-0.39, 0.29) is 48.3 Å². The van der Waals surface area contributed by atoms with Crippen LogP contribution in [0.5, 0.6) is 0 Å². The molecule has 8 heteroatoms. The number of carbonyl (C=O) groups excluding carboxylic acids is 4. The standard InChI is InChI=1S/C19H36N4O4/c1-14(2)16(24)7-5-9-22-18(26)11-20-13-21-12-19(27)23-10-6-8-17(25)15(3)4/h14-15,20-21H,5-13H2,1-4H3,(H,22,26)(H,23,27). The van der Waals surface area contributed by atoms with Gasteiger partial charge in [-0.3, -0.25) is 29.8 Å². The topological polar surface area (TPSA) is 116 Å². The van der Waals surface area contributed by atoms with Crippen molar-refractivity contribution in [2.45, 2.75) is 53.4 Å². The van der Waals surface area contributed by atoms with Crippen molar-refractivity contribution in [3.8, 4) is 0 Å². The predicted octanol–water partition coefficient (Wildman–Crippen LogP) is 0.366. The van der Waals surface area contributed by atoms with Gasteiger partial charge in [-0.05, 0) is 12.8 Å². The number of ketones is 2. The van der Waals surface area contributed by atoms with Gasteiger partial charge in [0.1, 0.15) is 11.6 Å². The molecule has 0 saturated heterocycles. The Morgan fingerprint density at radius 3 is 1.37 bits per heavy atom. The van der Waals surface area contributed by atoms with Crippen LogP contribution in [0.1, 0.15) is 53.4 Å². The molecule has 0 rings (SSSR count). The van der Waals surface area contributed by atoms with Crippen LogP contribution in [0.3, 0.4) is 0 Å². The van der Waals surface area contributed by atoms with Gasteiger partial charge in [0, 0.05) is 44.4 Å². The second-order valence-corrected chi connectivity index (χ2v) is 7.18. The number of nitrogens with one attached hydrogen (secondary N) is 4. The first kappa shape index (κ1) is 25.2. The van der Waals surface area contributed by atoms with Crippen molar-refractivity contribution in [1.82, 2.24) is 21.3 Å². The van der Waals surface area contributed by atoms with Crippen LogP contribution >= 0.6 is 0 Å². The third-order valence-corrected chi connectivity index (χ3v) is 3.95. The highest BCUT2D eigenvalue weighted by Crippen LogP contribution is 2.01. The van der Waals surface area contributed by atoms with Crippen molar-refractivity contribution in [1.29, 1.82) is 0 Å². The first-order valence-corrected chi connectivity index (χ1v) is 9.74. The van der Waals surface area contributed by atoms with E-state index in [0.717, 1.165) is 0 Å². The van der Waals surface area contributed by atoms with Gasteiger partial charge in [-0.25, -0.2) is 0 Å². The van der Waals surface area contributed by atoms with Gasteiger partial charge in [-0.15, -0.1) is 0 Å². The molecule has 0 atom stereocenters. The van der Waals surface area contributed by atoms with Gasteiger partial charge in [-0.1, -0.05) is 27.7 Å². The predicted molar refractivity (Wildman–Crippen MR) is 105 cm³/mol. The lowest BCUT2D eigenvalue weighted by molar-refractivity contribution is -0.123. The van der Waals surface area contributed by atoms with E-state index < -0.39 is 0 Å². The molecule has 4 N–H and O–H groups in total. The van der Waals surface area contributed by atoms with Crippen molar-refractivity contribution >= 4 is 23.4 Å². The molecule has 0 radical (unpaired) electrons. The lowest BCUT2D eigenvalue weighted by Gasteiger charge is -2.09. The zero-order chi connectivity index (χ0) is 20.7. The summed E-state index contributed by atoms with van der Waals surface area (Å²) in [5.74, 6) is 0.190. The summed E-state index contributed by atoms with van der Waals surface area (Å²) >= 11 is 0. The molecule has 0 aliphatic heterocycles. The third-order valence-electron chi connectivity index (χ3n) is 3.95. The van der Waals surface area contributed by atoms with E-state index in [1.165, 1.54) is 0 Å². The molecule has 0 aromatic carbocycles. The van der Waals surface area contributed by atoms with Crippen LogP contribution in [0.25, 0.3) is 0 Å². The number of Topliss-reactive ketones (excluding diaryl/α,β-unsaturated/α-hetero) is 2. The van der Waals surface area contributed by atoms with E-state index in [9.17, 15) is 19.2 Å². The Morgan fingerprint density at radius 2 is 1.04 bits per heavy atom. The highest BCUT2D eigenvalue weighted by molar-refractivity contribution is 5.81. The molecule has 0 aliphatic carbocycles. The number of hydrogen-bond acceptors (Lipinski definition) is 6. The number of carbonyl (C=O) groups is 4. The fourth-order valence-electron chi connectivity index (χ4n) is 2.12. The van der Waals surface area contributed by atoms with Crippen molar-refractivity contribution in [2.24, 2.45) is 11.8 Å². The van der Waals surface area contributed by atoms with Crippen LogP contribution in [0.4, 0.5) is 0 Å². The largest absolute Gasteiger partial charge is 0.355 e. The minimum Gasteiger partial charge on any atom is -0.355 e. The Morgan fingerprint density at radius 1 is 0.667 bits per heavy atom. The molecule has 0 heterocycles. The average molecular weight is 385 g/mol. The van der Waals surface area contributed by atoms with Gasteiger partial charge < -0.3 is 10.6 Å². The molecule has 0 aromatic rings. The van der Waals surface area contributed by atoms with E-state index in [1.54, 1.807) is 0 Å². The summed E-state index contributed by atoms with van der Waals surface area (Å²) in [5, 5.41) is 11.3. The molecule has 0 aliphatic rings. The zero-order valence-electron chi connectivity index (χ0n) is 17.2. The molecular formula is C19H36N4O4. The maximum atomic E-state index is 11.6. The third kappa shape index (κ3) is 15.0. The quantitative estimate of drug-likeness (QED) is 0.226. The molecule has 0 aromatic heterocycles. The molecule has 0 saturated carbocycles. The summed E-state index contributed by atoms with van der Waals surface area (Å²) in [5.41, 5.74) is 0. The summed E-state index contributed by atoms with van der Waals surface area (Å²) in [6.45, 7) is 9.05. The van der Waals surface area contributed by atoms with Crippen molar-refractivity contribution in [3.05, 3.63) is 0 Å². The summed E-state index contributed by atoms with van der Waals surface area (Å²) in [6, 6.07) is 0. The summed E-state index contributed by atoms with van der Waals surface area (Å²) < 4.78 is 0. The van der Waals surface area contributed by atoms with Crippen LogP contribution in [-0.4, -0.2) is 56.2 Å². The van der Waals surface area contributed by atoms with Crippen LogP contribution in [0.2, 0.25) is 0 Å². The summed E-state index contributed by atoms with van der Waals surface area (Å²) in [7, 11) is 0. The maximum absolute atomic E-state index is 11.6. The SMILES string of the molecule is CC(C)C(=O)CCCNC(=O)CNCNCC(=O)NCCCC(=O)C(C)C. The second-order valence-electron chi connectivity index (χ2n) is 7.18. The van der Waals surface area contributed by atoms with Gasteiger partial charge in [0.15, 0.2) is 0 Å². The van der Waals surface area contributed by atoms with Gasteiger partial charge in [0.25, 0.3) is 0 Å². The van der Waals surface area contributed by atoms with Crippen LogP contribution in [0.15, 0.2) is 0 Å². The Hall–Kier alpha value is -1.80. The molecule has 156 valence electrons. The molecule has 2 amide bonds. The summed E-state index contributed by atoms with van der Waals surface area (Å²) in [6.07, 6.45) is 2.25. The second kappa shape index (κ2) is 15.3. The zero-order valence-corrected chi connectivity index (χ0v) is 17.2. The van der Waals surface area contributed by atoms with Crippen molar-refractivity contribution < 1.29 is 19.2 Å². The number of rotatable bonds is 16. The molecular weight excluding hydrogens is 348 g/mol. The normalized spacial score (nSPS) is 10.9. The van der Waals surface area contributed by atoms with Gasteiger partial charge in [0.2, 0.25) is 11.8 Å². The Kier molecular flexibility index (Phi) is 14.3. The summed E-state index contributed by atoms with van der Waals surface area (Å²) in [4.78, 5) is 46.1. The smallest absolute Gasteiger partial charge is 0.233 e. The van der Waals surface area contributed by atoms with Gasteiger partial charge >= 0.3 is 0 Å². The fraction of sp³-hybridized carbons (Fsp3) is 0.789. The van der Waals surface area contributed by atoms with Crippen LogP contribution in [0, 0.1) is 11.8 Å². The molecule has 0 spiro atoms. The molecule has 0 unspecified atom stereocenters. The number of amides is 2. The van der Waals surface area contributed by atoms with E-state index in [4.69, 9.17) is 0 Å². The highest BCUT2D eigenvalue weighted by atomic mass is 16.2. The average Bonchev–Trinajstić information content (AvgIpc) is 2.61. The highest BCUT2D eigenvalue weighted by Gasteiger charge is 2.08. The van der Waals surface area contributed by atoms with Crippen molar-refractivity contribution in [2.75, 3.05) is 32.8 Å². The number of hydrogen-bond donors (Lipinski definition) is 4. The lowest BCUT2D eigenvalue weighted by atomic mass is 10.1. The molecule has 27 heavy (non-hydrogen) atoms. The van der Waals surface area contributed by atoms with E-state index in [1.807, 2.05) is 27.7 Å². The first-order valence-electron chi connectivity index (χ1n) is 9.74. The maximum Gasteiger partial charge on any atom is 0.233 e. The Bertz CT molecular complexity index is 436. The van der Waals surface area contributed by atoms with Crippen LogP contribution in [-0.2, 0) is 19.2 Å². The Balaban J connectivity index is 3.51. The molecule has 0 bridgehead atoms.